The van der Waals surface area contributed by atoms with E-state index in [4.69, 9.17) is 0 Å². The third kappa shape index (κ3) is 2.65. The van der Waals surface area contributed by atoms with Gasteiger partial charge < -0.3 is 10.6 Å². The summed E-state index contributed by atoms with van der Waals surface area (Å²) in [5, 5.41) is 14.7. The Kier molecular flexibility index (Phi) is 3.50. The van der Waals surface area contributed by atoms with Gasteiger partial charge in [-0.1, -0.05) is 6.42 Å². The van der Waals surface area contributed by atoms with Crippen molar-refractivity contribution in [2.24, 2.45) is 0 Å². The first-order valence-electron chi connectivity index (χ1n) is 5.62. The molecule has 1 heterocycles. The zero-order valence-corrected chi connectivity index (χ0v) is 9.16. The standard InChI is InChI=1S/C11H18N4/c1-12-7-8-13-11-6-5-10(14-15-11)9-3-2-4-9/h5-6,9,12H,2-4,7-8H2,1H3,(H,13,15). The Bertz CT molecular complexity index is 292. The van der Waals surface area contributed by atoms with Crippen LogP contribution in [0.3, 0.4) is 0 Å². The van der Waals surface area contributed by atoms with E-state index in [0.717, 1.165) is 24.6 Å². The van der Waals surface area contributed by atoms with Crippen molar-refractivity contribution in [3.8, 4) is 0 Å². The molecule has 0 aromatic carbocycles. The van der Waals surface area contributed by atoms with Gasteiger partial charge in [0, 0.05) is 19.0 Å². The minimum atomic E-state index is 0.670. The van der Waals surface area contributed by atoms with Crippen molar-refractivity contribution >= 4 is 5.82 Å². The SMILES string of the molecule is CNCCNc1ccc(C2CCC2)nn1. The lowest BCUT2D eigenvalue weighted by molar-refractivity contribution is 0.408. The van der Waals surface area contributed by atoms with E-state index >= 15 is 0 Å². The van der Waals surface area contributed by atoms with Crippen LogP contribution < -0.4 is 10.6 Å². The Labute approximate surface area is 90.5 Å². The predicted molar refractivity (Wildman–Crippen MR) is 61.0 cm³/mol. The van der Waals surface area contributed by atoms with Crippen molar-refractivity contribution in [1.29, 1.82) is 0 Å². The van der Waals surface area contributed by atoms with Crippen LogP contribution in [0.15, 0.2) is 12.1 Å². The van der Waals surface area contributed by atoms with Gasteiger partial charge in [-0.05, 0) is 32.0 Å². The highest BCUT2D eigenvalue weighted by atomic mass is 15.2. The van der Waals surface area contributed by atoms with E-state index < -0.39 is 0 Å². The second kappa shape index (κ2) is 5.07. The molecule has 1 fully saturated rings. The molecule has 0 aliphatic heterocycles. The Morgan fingerprint density at radius 2 is 2.13 bits per heavy atom. The summed E-state index contributed by atoms with van der Waals surface area (Å²) < 4.78 is 0. The van der Waals surface area contributed by atoms with Gasteiger partial charge in [-0.15, -0.1) is 5.10 Å². The largest absolute Gasteiger partial charge is 0.367 e. The first kappa shape index (κ1) is 10.4. The molecule has 1 aromatic heterocycles. The third-order valence-corrected chi connectivity index (χ3v) is 2.89. The highest BCUT2D eigenvalue weighted by molar-refractivity contribution is 5.33. The molecule has 4 heteroatoms. The van der Waals surface area contributed by atoms with Gasteiger partial charge >= 0.3 is 0 Å². The molecule has 1 saturated carbocycles. The summed E-state index contributed by atoms with van der Waals surface area (Å²) in [6.07, 6.45) is 3.90. The van der Waals surface area contributed by atoms with Crippen molar-refractivity contribution in [2.45, 2.75) is 25.2 Å². The number of nitrogens with one attached hydrogen (secondary N) is 2. The Balaban J connectivity index is 1.86. The number of anilines is 1. The number of hydrogen-bond donors (Lipinski definition) is 2. The number of likely N-dealkylation sites (N-methyl/N-ethyl adjacent to an activating group) is 1. The first-order valence-corrected chi connectivity index (χ1v) is 5.62. The second-order valence-corrected chi connectivity index (χ2v) is 4.00. The monoisotopic (exact) mass is 206 g/mol. The molecule has 0 amide bonds. The molecule has 1 aliphatic rings. The molecule has 0 unspecified atom stereocenters. The molecule has 2 N–H and O–H groups in total. The second-order valence-electron chi connectivity index (χ2n) is 4.00. The van der Waals surface area contributed by atoms with Gasteiger partial charge in [-0.3, -0.25) is 0 Å². The highest BCUT2D eigenvalue weighted by Crippen LogP contribution is 2.34. The summed E-state index contributed by atoms with van der Waals surface area (Å²) >= 11 is 0. The summed E-state index contributed by atoms with van der Waals surface area (Å²) in [5.41, 5.74) is 1.15. The number of aromatic nitrogens is 2. The number of hydrogen-bond acceptors (Lipinski definition) is 4. The fourth-order valence-electron chi connectivity index (χ4n) is 1.67. The van der Waals surface area contributed by atoms with Crippen LogP contribution >= 0.6 is 0 Å². The average Bonchev–Trinajstić information content (AvgIpc) is 2.18. The summed E-state index contributed by atoms with van der Waals surface area (Å²) in [5.74, 6) is 1.54. The topological polar surface area (TPSA) is 49.8 Å². The van der Waals surface area contributed by atoms with E-state index in [1.807, 2.05) is 13.1 Å². The van der Waals surface area contributed by atoms with Crippen molar-refractivity contribution < 1.29 is 0 Å². The van der Waals surface area contributed by atoms with Gasteiger partial charge in [-0.25, -0.2) is 0 Å². The molecule has 1 aliphatic carbocycles. The zero-order chi connectivity index (χ0) is 10.5. The average molecular weight is 206 g/mol. The first-order chi connectivity index (χ1) is 7.40. The molecule has 0 bridgehead atoms. The van der Waals surface area contributed by atoms with Gasteiger partial charge in [0.05, 0.1) is 5.69 Å². The zero-order valence-electron chi connectivity index (χ0n) is 9.16. The predicted octanol–water partition coefficient (Wildman–Crippen LogP) is 1.38. The van der Waals surface area contributed by atoms with E-state index in [-0.39, 0.29) is 0 Å². The van der Waals surface area contributed by atoms with Gasteiger partial charge in [0.2, 0.25) is 0 Å². The van der Waals surface area contributed by atoms with E-state index in [9.17, 15) is 0 Å². The molecule has 15 heavy (non-hydrogen) atoms. The van der Waals surface area contributed by atoms with Gasteiger partial charge in [0.15, 0.2) is 0 Å². The molecular weight excluding hydrogens is 188 g/mol. The van der Waals surface area contributed by atoms with E-state index in [1.54, 1.807) is 0 Å². The van der Waals surface area contributed by atoms with Crippen molar-refractivity contribution in [1.82, 2.24) is 15.5 Å². The van der Waals surface area contributed by atoms with Crippen molar-refractivity contribution in [3.63, 3.8) is 0 Å². The third-order valence-electron chi connectivity index (χ3n) is 2.89. The van der Waals surface area contributed by atoms with Crippen LogP contribution in [0.5, 0.6) is 0 Å². The molecule has 1 aromatic rings. The molecule has 82 valence electrons. The van der Waals surface area contributed by atoms with Crippen molar-refractivity contribution in [2.75, 3.05) is 25.5 Å². The van der Waals surface area contributed by atoms with Crippen LogP contribution in [-0.4, -0.2) is 30.3 Å². The highest BCUT2D eigenvalue weighted by Gasteiger charge is 2.20. The van der Waals surface area contributed by atoms with Crippen LogP contribution in [0.1, 0.15) is 30.9 Å². The number of nitrogens with zero attached hydrogens (tertiary/aromatic N) is 2. The van der Waals surface area contributed by atoms with Crippen LogP contribution in [-0.2, 0) is 0 Å². The molecule has 0 radical (unpaired) electrons. The van der Waals surface area contributed by atoms with Crippen molar-refractivity contribution in [3.05, 3.63) is 17.8 Å². The Morgan fingerprint density at radius 1 is 1.27 bits per heavy atom. The molecule has 0 saturated heterocycles. The Morgan fingerprint density at radius 3 is 2.67 bits per heavy atom. The molecule has 4 nitrogen and oxygen atoms in total. The summed E-state index contributed by atoms with van der Waals surface area (Å²) in [7, 11) is 1.94. The van der Waals surface area contributed by atoms with Crippen LogP contribution in [0.25, 0.3) is 0 Å². The van der Waals surface area contributed by atoms with Gasteiger partial charge in [0.1, 0.15) is 5.82 Å². The Hall–Kier alpha value is -1.16. The fourth-order valence-corrected chi connectivity index (χ4v) is 1.67. The van der Waals surface area contributed by atoms with E-state index in [2.05, 4.69) is 26.9 Å². The lowest BCUT2D eigenvalue weighted by Crippen LogP contribution is -2.18. The number of rotatable bonds is 5. The van der Waals surface area contributed by atoms with E-state index in [0.29, 0.717) is 5.92 Å². The quantitative estimate of drug-likeness (QED) is 0.714. The molecule has 0 atom stereocenters. The molecule has 0 spiro atoms. The maximum Gasteiger partial charge on any atom is 0.148 e. The van der Waals surface area contributed by atoms with E-state index in [1.165, 1.54) is 19.3 Å². The summed E-state index contributed by atoms with van der Waals surface area (Å²) in [6, 6.07) is 4.12. The van der Waals surface area contributed by atoms with Crippen LogP contribution in [0, 0.1) is 0 Å². The van der Waals surface area contributed by atoms with Crippen LogP contribution in [0.2, 0.25) is 0 Å². The fraction of sp³-hybridized carbons (Fsp3) is 0.636. The molecular formula is C11H18N4. The lowest BCUT2D eigenvalue weighted by atomic mass is 9.83. The lowest BCUT2D eigenvalue weighted by Gasteiger charge is -2.24. The molecule has 2 rings (SSSR count). The van der Waals surface area contributed by atoms with Gasteiger partial charge in [0.25, 0.3) is 0 Å². The minimum absolute atomic E-state index is 0.670. The summed E-state index contributed by atoms with van der Waals surface area (Å²) in [6.45, 7) is 1.82. The maximum atomic E-state index is 4.25. The summed E-state index contributed by atoms with van der Waals surface area (Å²) in [4.78, 5) is 0. The maximum absolute atomic E-state index is 4.25. The normalized spacial score (nSPS) is 16.1. The van der Waals surface area contributed by atoms with Crippen LogP contribution in [0.4, 0.5) is 5.82 Å². The van der Waals surface area contributed by atoms with Gasteiger partial charge in [-0.2, -0.15) is 5.10 Å². The minimum Gasteiger partial charge on any atom is -0.367 e. The smallest absolute Gasteiger partial charge is 0.148 e.